The van der Waals surface area contributed by atoms with Crippen LogP contribution in [0, 0.1) is 16.7 Å². The summed E-state index contributed by atoms with van der Waals surface area (Å²) < 4.78 is 0. The topological polar surface area (TPSA) is 40.9 Å². The van der Waals surface area contributed by atoms with Crippen LogP contribution in [0.1, 0.15) is 15.2 Å². The third kappa shape index (κ3) is 1.04. The zero-order valence-electron chi connectivity index (χ0n) is 4.72. The maximum absolute atomic E-state index is 10.2. The number of halogens is 1. The highest BCUT2D eigenvalue weighted by Gasteiger charge is 2.07. The zero-order chi connectivity index (χ0) is 7.56. The summed E-state index contributed by atoms with van der Waals surface area (Å²) in [5.41, 5.74) is 0.244. The van der Waals surface area contributed by atoms with E-state index < -0.39 is 0 Å². The second kappa shape index (κ2) is 2.82. The predicted octanol–water partition coefficient (Wildman–Crippen LogP) is 1.89. The first-order valence-corrected chi connectivity index (χ1v) is 3.54. The predicted molar refractivity (Wildman–Crippen MR) is 38.3 cm³/mol. The summed E-state index contributed by atoms with van der Waals surface area (Å²) in [6.07, 6.45) is 0.615. The molecule has 0 fully saturated rings. The van der Waals surface area contributed by atoms with Gasteiger partial charge in [0.05, 0.1) is 20.8 Å². The molecule has 0 spiro atoms. The van der Waals surface area contributed by atoms with Crippen LogP contribution in [0.15, 0.2) is 0 Å². The van der Waals surface area contributed by atoms with Gasteiger partial charge in [-0.1, -0.05) is 11.6 Å². The summed E-state index contributed by atoms with van der Waals surface area (Å²) in [4.78, 5) is 10.5. The lowest BCUT2D eigenvalue weighted by atomic mass is 10.3. The zero-order valence-corrected chi connectivity index (χ0v) is 6.29. The van der Waals surface area contributed by atoms with E-state index in [-0.39, 0.29) is 10.6 Å². The van der Waals surface area contributed by atoms with Gasteiger partial charge in [0.1, 0.15) is 6.07 Å². The molecular weight excluding hydrogens is 170 g/mol. The quantitative estimate of drug-likeness (QED) is 0.604. The Hall–Kier alpha value is -0.850. The Morgan fingerprint density at radius 2 is 2.50 bits per heavy atom. The molecule has 10 heavy (non-hydrogen) atoms. The molecule has 0 atom stereocenters. The first kappa shape index (κ1) is 7.26. The molecule has 1 heterocycles. The number of carbonyl (C=O) groups excluding carboxylic acids is 1. The normalized spacial score (nSPS) is 8.80. The summed E-state index contributed by atoms with van der Waals surface area (Å²) in [5, 5.41) is 11.2. The molecule has 0 saturated heterocycles. The number of nitrogens with zero attached hydrogens (tertiary/aromatic N) is 1. The molecule has 0 saturated carbocycles. The van der Waals surface area contributed by atoms with Gasteiger partial charge in [-0.3, -0.25) is 4.79 Å². The lowest BCUT2D eigenvalue weighted by molar-refractivity contribution is 0.112. The standard InChI is InChI=1S/C6HClNOS/c7-6-4(1-8)3-10-5(6)2-9/h2H. The molecular formula is C6HClNOS. The SMILES string of the molecule is N#Cc1[c]sc(C=O)c1Cl. The van der Waals surface area contributed by atoms with Gasteiger partial charge >= 0.3 is 0 Å². The number of hydrogen-bond donors (Lipinski definition) is 0. The highest BCUT2D eigenvalue weighted by atomic mass is 35.5. The smallest absolute Gasteiger partial charge is 0.161 e. The highest BCUT2D eigenvalue weighted by molar-refractivity contribution is 7.12. The Morgan fingerprint density at radius 1 is 1.80 bits per heavy atom. The molecule has 1 aromatic rings. The van der Waals surface area contributed by atoms with E-state index in [1.54, 1.807) is 0 Å². The number of aldehydes is 1. The number of hydrogen-bond acceptors (Lipinski definition) is 3. The fraction of sp³-hybridized carbons (Fsp3) is 0. The molecule has 0 aliphatic carbocycles. The molecule has 0 aliphatic heterocycles. The van der Waals surface area contributed by atoms with Gasteiger partial charge < -0.3 is 0 Å². The van der Waals surface area contributed by atoms with Gasteiger partial charge in [-0.05, 0) is 0 Å². The van der Waals surface area contributed by atoms with E-state index in [0.717, 1.165) is 11.3 Å². The van der Waals surface area contributed by atoms with E-state index in [0.29, 0.717) is 11.2 Å². The fourth-order valence-corrected chi connectivity index (χ4v) is 1.37. The van der Waals surface area contributed by atoms with E-state index in [1.807, 2.05) is 6.07 Å². The fourth-order valence-electron chi connectivity index (χ4n) is 0.467. The minimum Gasteiger partial charge on any atom is -0.297 e. The molecule has 0 aliphatic rings. The van der Waals surface area contributed by atoms with Gasteiger partial charge in [-0.2, -0.15) is 5.26 Å². The van der Waals surface area contributed by atoms with Crippen molar-refractivity contribution in [1.29, 1.82) is 5.26 Å². The Labute approximate surface area is 66.7 Å². The van der Waals surface area contributed by atoms with Crippen LogP contribution in [0.3, 0.4) is 0 Å². The van der Waals surface area contributed by atoms with Crippen LogP contribution in [0.4, 0.5) is 0 Å². The molecule has 0 bridgehead atoms. The second-order valence-electron chi connectivity index (χ2n) is 1.49. The van der Waals surface area contributed by atoms with Crippen molar-refractivity contribution in [2.45, 2.75) is 0 Å². The average Bonchev–Trinajstić information content (AvgIpc) is 2.30. The van der Waals surface area contributed by atoms with Crippen LogP contribution in [-0.4, -0.2) is 6.29 Å². The third-order valence-corrected chi connectivity index (χ3v) is 2.25. The van der Waals surface area contributed by atoms with Crippen LogP contribution in [-0.2, 0) is 0 Å². The minimum absolute atomic E-state index is 0.211. The molecule has 2 nitrogen and oxygen atoms in total. The van der Waals surface area contributed by atoms with Crippen molar-refractivity contribution in [3.8, 4) is 6.07 Å². The third-order valence-electron chi connectivity index (χ3n) is 0.918. The largest absolute Gasteiger partial charge is 0.297 e. The van der Waals surface area contributed by atoms with Crippen LogP contribution < -0.4 is 0 Å². The van der Waals surface area contributed by atoms with Crippen molar-refractivity contribution in [2.24, 2.45) is 0 Å². The van der Waals surface area contributed by atoms with E-state index in [1.165, 1.54) is 0 Å². The maximum Gasteiger partial charge on any atom is 0.161 e. The van der Waals surface area contributed by atoms with Crippen LogP contribution >= 0.6 is 22.9 Å². The van der Waals surface area contributed by atoms with Gasteiger partial charge in [-0.15, -0.1) is 11.3 Å². The molecule has 0 N–H and O–H groups in total. The summed E-state index contributed by atoms with van der Waals surface area (Å²) in [7, 11) is 0. The maximum atomic E-state index is 10.2. The van der Waals surface area contributed by atoms with Crippen molar-refractivity contribution in [3.05, 3.63) is 20.8 Å². The van der Waals surface area contributed by atoms with Crippen molar-refractivity contribution in [1.82, 2.24) is 0 Å². The van der Waals surface area contributed by atoms with E-state index in [9.17, 15) is 4.79 Å². The van der Waals surface area contributed by atoms with Gasteiger partial charge in [0.15, 0.2) is 6.29 Å². The summed E-state index contributed by atoms with van der Waals surface area (Å²) in [6, 6.07) is 1.81. The van der Waals surface area contributed by atoms with Gasteiger partial charge in [-0.25, -0.2) is 0 Å². The van der Waals surface area contributed by atoms with E-state index in [4.69, 9.17) is 16.9 Å². The molecule has 0 unspecified atom stereocenters. The molecule has 4 heteroatoms. The van der Waals surface area contributed by atoms with E-state index in [2.05, 4.69) is 5.38 Å². The highest BCUT2D eigenvalue weighted by Crippen LogP contribution is 2.24. The van der Waals surface area contributed by atoms with Crippen molar-refractivity contribution in [2.75, 3.05) is 0 Å². The lowest BCUT2D eigenvalue weighted by Crippen LogP contribution is -1.72. The number of thiophene rings is 1. The molecule has 1 radical (unpaired) electrons. The van der Waals surface area contributed by atoms with Crippen molar-refractivity contribution in [3.63, 3.8) is 0 Å². The Kier molecular flexibility index (Phi) is 2.05. The average molecular weight is 171 g/mol. The first-order valence-electron chi connectivity index (χ1n) is 2.35. The molecule has 49 valence electrons. The van der Waals surface area contributed by atoms with Gasteiger partial charge in [0.2, 0.25) is 0 Å². The molecule has 1 rings (SSSR count). The van der Waals surface area contributed by atoms with Crippen LogP contribution in [0.2, 0.25) is 5.02 Å². The summed E-state index contributed by atoms with van der Waals surface area (Å²) in [5.74, 6) is 0. The lowest BCUT2D eigenvalue weighted by Gasteiger charge is -1.80. The first-order chi connectivity index (χ1) is 4.79. The van der Waals surface area contributed by atoms with E-state index >= 15 is 0 Å². The number of rotatable bonds is 1. The Morgan fingerprint density at radius 3 is 2.80 bits per heavy atom. The monoisotopic (exact) mass is 170 g/mol. The molecule has 1 aromatic heterocycles. The number of nitriles is 1. The van der Waals surface area contributed by atoms with Crippen molar-refractivity contribution < 1.29 is 4.79 Å². The number of carbonyl (C=O) groups is 1. The van der Waals surface area contributed by atoms with Crippen LogP contribution in [0.25, 0.3) is 0 Å². The van der Waals surface area contributed by atoms with Gasteiger partial charge in [0, 0.05) is 0 Å². The summed E-state index contributed by atoms with van der Waals surface area (Å²) in [6.45, 7) is 0. The Balaban J connectivity index is 3.24. The van der Waals surface area contributed by atoms with Crippen LogP contribution in [0.5, 0.6) is 0 Å². The molecule has 0 aromatic carbocycles. The van der Waals surface area contributed by atoms with Crippen molar-refractivity contribution >= 4 is 29.2 Å². The summed E-state index contributed by atoms with van der Waals surface area (Å²) >= 11 is 6.60. The minimum atomic E-state index is 0.211. The Bertz CT molecular complexity index is 299. The van der Waals surface area contributed by atoms with Gasteiger partial charge in [0.25, 0.3) is 0 Å². The second-order valence-corrected chi connectivity index (χ2v) is 2.71. The molecule has 0 amide bonds.